The molecule has 2 unspecified atom stereocenters. The lowest BCUT2D eigenvalue weighted by atomic mass is 10.1. The molecule has 0 aromatic carbocycles. The third kappa shape index (κ3) is 3.50. The Balaban J connectivity index is 1.99. The Morgan fingerprint density at radius 2 is 2.33 bits per heavy atom. The monoisotopic (exact) mass is 287 g/mol. The molecule has 100 valence electrons. The maximum absolute atomic E-state index is 6.12. The highest BCUT2D eigenvalue weighted by Gasteiger charge is 2.18. The van der Waals surface area contributed by atoms with Crippen LogP contribution in [0.3, 0.4) is 0 Å². The average Bonchev–Trinajstić information content (AvgIpc) is 2.76. The lowest BCUT2D eigenvalue weighted by Crippen LogP contribution is -2.29. The molecule has 1 fully saturated rings. The van der Waals surface area contributed by atoms with E-state index in [2.05, 4.69) is 22.5 Å². The van der Waals surface area contributed by atoms with Crippen LogP contribution in [0.2, 0.25) is 10.3 Å². The molecule has 2 rings (SSSR count). The lowest BCUT2D eigenvalue weighted by Gasteiger charge is -2.21. The van der Waals surface area contributed by atoms with Crippen LogP contribution in [0.4, 0.5) is 5.69 Å². The largest absolute Gasteiger partial charge is 0.380 e. The zero-order valence-electron chi connectivity index (χ0n) is 10.8. The van der Waals surface area contributed by atoms with Gasteiger partial charge in [-0.3, -0.25) is 0 Å². The van der Waals surface area contributed by atoms with E-state index in [1.165, 1.54) is 12.8 Å². The van der Waals surface area contributed by atoms with E-state index < -0.39 is 0 Å². The first-order valence-corrected chi connectivity index (χ1v) is 7.14. The quantitative estimate of drug-likeness (QED) is 0.831. The number of nitrogens with zero attached hydrogens (tertiary/aromatic N) is 1. The summed E-state index contributed by atoms with van der Waals surface area (Å²) in [6, 6.07) is 2.81. The predicted molar refractivity (Wildman–Crippen MR) is 77.7 cm³/mol. The molecule has 0 bridgehead atoms. The molecule has 0 saturated carbocycles. The molecule has 1 aliphatic heterocycles. The van der Waals surface area contributed by atoms with Crippen LogP contribution in [0.1, 0.15) is 31.7 Å². The fourth-order valence-corrected chi connectivity index (χ4v) is 3.04. The van der Waals surface area contributed by atoms with Crippen LogP contribution in [-0.2, 0) is 0 Å². The van der Waals surface area contributed by atoms with Crippen LogP contribution in [0, 0.1) is 6.92 Å². The van der Waals surface area contributed by atoms with Crippen LogP contribution in [-0.4, -0.2) is 23.6 Å². The summed E-state index contributed by atoms with van der Waals surface area (Å²) in [6.45, 7) is 5.30. The molecule has 0 spiro atoms. The van der Waals surface area contributed by atoms with E-state index in [1.807, 2.05) is 13.0 Å². The Hall–Kier alpha value is -0.510. The summed E-state index contributed by atoms with van der Waals surface area (Å²) in [4.78, 5) is 4.07. The van der Waals surface area contributed by atoms with Gasteiger partial charge in [0.1, 0.15) is 5.15 Å². The molecule has 2 N–H and O–H groups in total. The third-order valence-electron chi connectivity index (χ3n) is 3.33. The van der Waals surface area contributed by atoms with Crippen molar-refractivity contribution in [3.63, 3.8) is 0 Å². The maximum atomic E-state index is 6.12. The van der Waals surface area contributed by atoms with Gasteiger partial charge in [-0.1, -0.05) is 23.2 Å². The molecule has 2 heterocycles. The van der Waals surface area contributed by atoms with Gasteiger partial charge in [-0.05, 0) is 51.3 Å². The van der Waals surface area contributed by atoms with Gasteiger partial charge in [-0.2, -0.15) is 0 Å². The van der Waals surface area contributed by atoms with Crippen molar-refractivity contribution < 1.29 is 0 Å². The van der Waals surface area contributed by atoms with Crippen molar-refractivity contribution in [1.82, 2.24) is 10.3 Å². The molecule has 0 amide bonds. The standard InChI is InChI=1S/C13H19Cl2N3/c1-8-6-11(14)18-13(15)12(8)17-9(2)7-10-4-3-5-16-10/h6,9-10,16-17H,3-5,7H2,1-2H3. The summed E-state index contributed by atoms with van der Waals surface area (Å²) in [5.74, 6) is 0. The van der Waals surface area contributed by atoms with Crippen molar-refractivity contribution in [2.45, 2.75) is 45.2 Å². The first-order chi connectivity index (χ1) is 8.56. The molecule has 0 radical (unpaired) electrons. The second-order valence-electron chi connectivity index (χ2n) is 5.00. The number of anilines is 1. The lowest BCUT2D eigenvalue weighted by molar-refractivity contribution is 0.523. The number of aryl methyl sites for hydroxylation is 1. The van der Waals surface area contributed by atoms with E-state index in [-0.39, 0.29) is 0 Å². The highest BCUT2D eigenvalue weighted by atomic mass is 35.5. The first kappa shape index (κ1) is 13.9. The van der Waals surface area contributed by atoms with Gasteiger partial charge < -0.3 is 10.6 Å². The van der Waals surface area contributed by atoms with Crippen molar-refractivity contribution >= 4 is 28.9 Å². The topological polar surface area (TPSA) is 37.0 Å². The van der Waals surface area contributed by atoms with Crippen molar-refractivity contribution in [3.8, 4) is 0 Å². The Morgan fingerprint density at radius 1 is 1.56 bits per heavy atom. The van der Waals surface area contributed by atoms with Gasteiger partial charge in [-0.15, -0.1) is 0 Å². The summed E-state index contributed by atoms with van der Waals surface area (Å²) in [5, 5.41) is 7.83. The molecular formula is C13H19Cl2N3. The summed E-state index contributed by atoms with van der Waals surface area (Å²) < 4.78 is 0. The van der Waals surface area contributed by atoms with E-state index in [9.17, 15) is 0 Å². The molecule has 3 nitrogen and oxygen atoms in total. The highest BCUT2D eigenvalue weighted by molar-refractivity contribution is 6.34. The van der Waals surface area contributed by atoms with E-state index in [1.54, 1.807) is 0 Å². The molecule has 2 atom stereocenters. The van der Waals surface area contributed by atoms with Gasteiger partial charge in [0.2, 0.25) is 0 Å². The molecule has 5 heteroatoms. The Morgan fingerprint density at radius 3 is 2.94 bits per heavy atom. The van der Waals surface area contributed by atoms with Crippen LogP contribution < -0.4 is 10.6 Å². The van der Waals surface area contributed by atoms with Crippen LogP contribution in [0.15, 0.2) is 6.07 Å². The van der Waals surface area contributed by atoms with Gasteiger partial charge in [0, 0.05) is 12.1 Å². The molecule has 1 aromatic heterocycles. The van der Waals surface area contributed by atoms with E-state index in [0.29, 0.717) is 22.4 Å². The number of hydrogen-bond donors (Lipinski definition) is 2. The average molecular weight is 288 g/mol. The van der Waals surface area contributed by atoms with E-state index in [0.717, 1.165) is 24.2 Å². The summed E-state index contributed by atoms with van der Waals surface area (Å²) in [6.07, 6.45) is 3.63. The smallest absolute Gasteiger partial charge is 0.154 e. The molecule has 1 aliphatic rings. The van der Waals surface area contributed by atoms with Crippen LogP contribution >= 0.6 is 23.2 Å². The second kappa shape index (κ2) is 6.09. The Labute approximate surface area is 118 Å². The summed E-state index contributed by atoms with van der Waals surface area (Å²) in [5.41, 5.74) is 1.93. The minimum atomic E-state index is 0.361. The molecule has 1 aromatic rings. The van der Waals surface area contributed by atoms with Gasteiger partial charge >= 0.3 is 0 Å². The SMILES string of the molecule is Cc1cc(Cl)nc(Cl)c1NC(C)CC1CCCN1. The van der Waals surface area contributed by atoms with Crippen molar-refractivity contribution in [2.24, 2.45) is 0 Å². The normalized spacial score (nSPS) is 21.0. The van der Waals surface area contributed by atoms with Crippen LogP contribution in [0.5, 0.6) is 0 Å². The second-order valence-corrected chi connectivity index (χ2v) is 5.75. The Bertz CT molecular complexity index is 394. The van der Waals surface area contributed by atoms with Gasteiger partial charge in [0.05, 0.1) is 5.69 Å². The van der Waals surface area contributed by atoms with Crippen molar-refractivity contribution in [3.05, 3.63) is 21.9 Å². The molecule has 0 aliphatic carbocycles. The van der Waals surface area contributed by atoms with Crippen LogP contribution in [0.25, 0.3) is 0 Å². The predicted octanol–water partition coefficient (Wildman–Crippen LogP) is 3.64. The summed E-state index contributed by atoms with van der Waals surface area (Å²) >= 11 is 12.0. The molecule has 18 heavy (non-hydrogen) atoms. The fraction of sp³-hybridized carbons (Fsp3) is 0.615. The van der Waals surface area contributed by atoms with E-state index in [4.69, 9.17) is 23.2 Å². The highest BCUT2D eigenvalue weighted by Crippen LogP contribution is 2.27. The number of halogens is 2. The third-order valence-corrected chi connectivity index (χ3v) is 3.80. The first-order valence-electron chi connectivity index (χ1n) is 6.39. The number of aromatic nitrogens is 1. The van der Waals surface area contributed by atoms with Gasteiger partial charge in [0.15, 0.2) is 5.15 Å². The molecular weight excluding hydrogens is 269 g/mol. The summed E-state index contributed by atoms with van der Waals surface area (Å²) in [7, 11) is 0. The number of hydrogen-bond acceptors (Lipinski definition) is 3. The fourth-order valence-electron chi connectivity index (χ4n) is 2.46. The number of pyridine rings is 1. The minimum Gasteiger partial charge on any atom is -0.380 e. The van der Waals surface area contributed by atoms with E-state index >= 15 is 0 Å². The van der Waals surface area contributed by atoms with Crippen molar-refractivity contribution in [2.75, 3.05) is 11.9 Å². The van der Waals surface area contributed by atoms with Crippen molar-refractivity contribution in [1.29, 1.82) is 0 Å². The maximum Gasteiger partial charge on any atom is 0.154 e. The molecule has 1 saturated heterocycles. The number of rotatable bonds is 4. The minimum absolute atomic E-state index is 0.361. The Kier molecular flexibility index (Phi) is 4.71. The zero-order valence-corrected chi connectivity index (χ0v) is 12.3. The number of nitrogens with one attached hydrogen (secondary N) is 2. The zero-order chi connectivity index (χ0) is 13.1. The van der Waals surface area contributed by atoms with Gasteiger partial charge in [0.25, 0.3) is 0 Å². The van der Waals surface area contributed by atoms with Gasteiger partial charge in [-0.25, -0.2) is 4.98 Å².